The van der Waals surface area contributed by atoms with Crippen LogP contribution in [0.15, 0.2) is 24.3 Å². The van der Waals surface area contributed by atoms with E-state index in [0.717, 1.165) is 30.9 Å². The third-order valence-corrected chi connectivity index (χ3v) is 2.92. The van der Waals surface area contributed by atoms with Crippen molar-refractivity contribution in [3.63, 3.8) is 0 Å². The van der Waals surface area contributed by atoms with Crippen molar-refractivity contribution in [2.75, 3.05) is 18.4 Å². The van der Waals surface area contributed by atoms with E-state index in [1.165, 1.54) is 6.92 Å². The van der Waals surface area contributed by atoms with Crippen LogP contribution in [0.2, 0.25) is 0 Å². The van der Waals surface area contributed by atoms with Gasteiger partial charge in [0.15, 0.2) is 0 Å². The second-order valence-corrected chi connectivity index (χ2v) is 4.59. The van der Waals surface area contributed by atoms with Gasteiger partial charge in [0.05, 0.1) is 6.42 Å². The molecule has 4 nitrogen and oxygen atoms in total. The number of carbonyl (C=O) groups excluding carboxylic acids is 2. The van der Waals surface area contributed by atoms with Crippen molar-refractivity contribution < 1.29 is 9.59 Å². The average Bonchev–Trinajstić information content (AvgIpc) is 2.35. The van der Waals surface area contributed by atoms with Crippen molar-refractivity contribution in [3.05, 3.63) is 29.8 Å². The number of Topliss-reactive ketones (excluding diaryl/α,β-unsaturated/α-hetero) is 1. The lowest BCUT2D eigenvalue weighted by atomic mass is 10.2. The zero-order valence-corrected chi connectivity index (χ0v) is 11.9. The summed E-state index contributed by atoms with van der Waals surface area (Å²) in [5.41, 5.74) is 1.90. The Balaban J connectivity index is 2.66. The van der Waals surface area contributed by atoms with E-state index in [0.29, 0.717) is 0 Å². The van der Waals surface area contributed by atoms with Crippen LogP contribution in [0.3, 0.4) is 0 Å². The highest BCUT2D eigenvalue weighted by atomic mass is 16.2. The number of rotatable bonds is 7. The van der Waals surface area contributed by atoms with E-state index in [1.54, 1.807) is 0 Å². The van der Waals surface area contributed by atoms with Gasteiger partial charge in [0.2, 0.25) is 5.91 Å². The Morgan fingerprint density at radius 2 is 1.89 bits per heavy atom. The van der Waals surface area contributed by atoms with E-state index in [2.05, 4.69) is 24.1 Å². The molecule has 0 fully saturated rings. The topological polar surface area (TPSA) is 49.4 Å². The van der Waals surface area contributed by atoms with Crippen molar-refractivity contribution in [2.24, 2.45) is 0 Å². The number of nitrogens with zero attached hydrogens (tertiary/aromatic N) is 1. The molecular weight excluding hydrogens is 240 g/mol. The fourth-order valence-electron chi connectivity index (χ4n) is 1.88. The molecule has 104 valence electrons. The number of ketones is 1. The molecule has 1 rings (SSSR count). The summed E-state index contributed by atoms with van der Waals surface area (Å²) in [6.45, 7) is 8.53. The molecule has 0 heterocycles. The van der Waals surface area contributed by atoms with Crippen molar-refractivity contribution >= 4 is 17.4 Å². The zero-order valence-electron chi connectivity index (χ0n) is 11.9. The maximum Gasteiger partial charge on any atom is 0.231 e. The third kappa shape index (κ3) is 5.66. The van der Waals surface area contributed by atoms with Crippen LogP contribution in [-0.2, 0) is 16.1 Å². The van der Waals surface area contributed by atoms with E-state index in [1.807, 2.05) is 24.3 Å². The Hall–Kier alpha value is -1.68. The summed E-state index contributed by atoms with van der Waals surface area (Å²) in [7, 11) is 0. The largest absolute Gasteiger partial charge is 0.326 e. The van der Waals surface area contributed by atoms with Gasteiger partial charge < -0.3 is 5.32 Å². The number of benzene rings is 1. The summed E-state index contributed by atoms with van der Waals surface area (Å²) < 4.78 is 0. The summed E-state index contributed by atoms with van der Waals surface area (Å²) in [4.78, 5) is 24.7. The molecule has 0 radical (unpaired) electrons. The molecule has 4 heteroatoms. The molecule has 0 bridgehead atoms. The minimum Gasteiger partial charge on any atom is -0.326 e. The molecule has 0 aliphatic rings. The number of hydrogen-bond acceptors (Lipinski definition) is 3. The van der Waals surface area contributed by atoms with Crippen molar-refractivity contribution in [1.82, 2.24) is 4.90 Å². The predicted molar refractivity (Wildman–Crippen MR) is 77.0 cm³/mol. The highest BCUT2D eigenvalue weighted by Gasteiger charge is 2.06. The summed E-state index contributed by atoms with van der Waals surface area (Å²) in [5, 5.41) is 2.74. The van der Waals surface area contributed by atoms with Gasteiger partial charge in [-0.1, -0.05) is 26.0 Å². The van der Waals surface area contributed by atoms with Crippen LogP contribution in [0.4, 0.5) is 5.69 Å². The SMILES string of the molecule is CCN(CC)Cc1cccc(NC(=O)CC(C)=O)c1. The van der Waals surface area contributed by atoms with E-state index >= 15 is 0 Å². The Bertz CT molecular complexity index is 440. The Morgan fingerprint density at radius 3 is 2.47 bits per heavy atom. The van der Waals surface area contributed by atoms with Gasteiger partial charge in [-0.25, -0.2) is 0 Å². The lowest BCUT2D eigenvalue weighted by molar-refractivity contribution is -0.124. The second kappa shape index (κ2) is 7.69. The smallest absolute Gasteiger partial charge is 0.231 e. The van der Waals surface area contributed by atoms with Gasteiger partial charge in [-0.05, 0) is 37.7 Å². The molecule has 0 atom stereocenters. The van der Waals surface area contributed by atoms with Gasteiger partial charge in [0, 0.05) is 12.2 Å². The van der Waals surface area contributed by atoms with E-state index in [9.17, 15) is 9.59 Å². The molecule has 0 saturated carbocycles. The lowest BCUT2D eigenvalue weighted by Gasteiger charge is -2.18. The van der Waals surface area contributed by atoms with E-state index in [4.69, 9.17) is 0 Å². The predicted octanol–water partition coefficient (Wildman–Crippen LogP) is 2.45. The molecular formula is C15H22N2O2. The molecule has 1 aromatic rings. The second-order valence-electron chi connectivity index (χ2n) is 4.59. The molecule has 0 aliphatic carbocycles. The first kappa shape index (κ1) is 15.4. The minimum atomic E-state index is -0.257. The standard InChI is InChI=1S/C15H22N2O2/c1-4-17(5-2)11-13-7-6-8-14(10-13)16-15(19)9-12(3)18/h6-8,10H,4-5,9,11H2,1-3H3,(H,16,19). The first-order valence-electron chi connectivity index (χ1n) is 6.65. The number of carbonyl (C=O) groups is 2. The summed E-state index contributed by atoms with van der Waals surface area (Å²) >= 11 is 0. The van der Waals surface area contributed by atoms with Gasteiger partial charge >= 0.3 is 0 Å². The molecule has 1 N–H and O–H groups in total. The van der Waals surface area contributed by atoms with Crippen LogP contribution < -0.4 is 5.32 Å². The molecule has 0 saturated heterocycles. The normalized spacial score (nSPS) is 10.5. The van der Waals surface area contributed by atoms with E-state index < -0.39 is 0 Å². The molecule has 19 heavy (non-hydrogen) atoms. The minimum absolute atomic E-state index is 0.0692. The van der Waals surface area contributed by atoms with Crippen LogP contribution in [0.5, 0.6) is 0 Å². The first-order chi connectivity index (χ1) is 9.05. The number of nitrogens with one attached hydrogen (secondary N) is 1. The van der Waals surface area contributed by atoms with Gasteiger partial charge in [0.25, 0.3) is 0 Å². The van der Waals surface area contributed by atoms with Crippen LogP contribution >= 0.6 is 0 Å². The maximum absolute atomic E-state index is 11.5. The van der Waals surface area contributed by atoms with Crippen LogP contribution in [-0.4, -0.2) is 29.7 Å². The number of anilines is 1. The molecule has 0 spiro atoms. The Labute approximate surface area is 114 Å². The quantitative estimate of drug-likeness (QED) is 0.768. The van der Waals surface area contributed by atoms with Crippen LogP contribution in [0, 0.1) is 0 Å². The number of amides is 1. The third-order valence-electron chi connectivity index (χ3n) is 2.92. The molecule has 0 unspecified atom stereocenters. The maximum atomic E-state index is 11.5. The molecule has 0 aromatic heterocycles. The summed E-state index contributed by atoms with van der Waals surface area (Å²) in [5.74, 6) is -0.385. The Kier molecular flexibility index (Phi) is 6.22. The van der Waals surface area contributed by atoms with Crippen molar-refractivity contribution in [1.29, 1.82) is 0 Å². The average molecular weight is 262 g/mol. The Morgan fingerprint density at radius 1 is 1.21 bits per heavy atom. The first-order valence-corrected chi connectivity index (χ1v) is 6.65. The monoisotopic (exact) mass is 262 g/mol. The molecule has 1 aromatic carbocycles. The van der Waals surface area contributed by atoms with Gasteiger partial charge in [-0.3, -0.25) is 14.5 Å². The van der Waals surface area contributed by atoms with Gasteiger partial charge in [0.1, 0.15) is 5.78 Å². The molecule has 1 amide bonds. The van der Waals surface area contributed by atoms with Gasteiger partial charge in [-0.15, -0.1) is 0 Å². The fraction of sp³-hybridized carbons (Fsp3) is 0.467. The zero-order chi connectivity index (χ0) is 14.3. The summed E-state index contributed by atoms with van der Waals surface area (Å²) in [6.07, 6.45) is -0.0692. The summed E-state index contributed by atoms with van der Waals surface area (Å²) in [6, 6.07) is 7.75. The van der Waals surface area contributed by atoms with Crippen molar-refractivity contribution in [2.45, 2.75) is 33.7 Å². The van der Waals surface area contributed by atoms with Crippen LogP contribution in [0.1, 0.15) is 32.8 Å². The highest BCUT2D eigenvalue weighted by molar-refractivity contribution is 6.03. The lowest BCUT2D eigenvalue weighted by Crippen LogP contribution is -2.22. The van der Waals surface area contributed by atoms with Crippen LogP contribution in [0.25, 0.3) is 0 Å². The highest BCUT2D eigenvalue weighted by Crippen LogP contribution is 2.13. The van der Waals surface area contributed by atoms with Gasteiger partial charge in [-0.2, -0.15) is 0 Å². The van der Waals surface area contributed by atoms with E-state index in [-0.39, 0.29) is 18.1 Å². The van der Waals surface area contributed by atoms with Crippen molar-refractivity contribution in [3.8, 4) is 0 Å². The molecule has 0 aliphatic heterocycles. The fourth-order valence-corrected chi connectivity index (χ4v) is 1.88. The number of hydrogen-bond donors (Lipinski definition) is 1.